The zero-order chi connectivity index (χ0) is 22.0. The Bertz CT molecular complexity index is 1360. The van der Waals surface area contributed by atoms with Crippen molar-refractivity contribution in [3.63, 3.8) is 0 Å². The van der Waals surface area contributed by atoms with Crippen LogP contribution in [0.2, 0.25) is 0 Å². The van der Waals surface area contributed by atoms with Crippen LogP contribution in [0.25, 0.3) is 16.7 Å². The van der Waals surface area contributed by atoms with E-state index in [1.54, 1.807) is 22.9 Å². The number of rotatable bonds is 6. The first-order chi connectivity index (χ1) is 15.0. The fourth-order valence-corrected chi connectivity index (χ4v) is 3.67. The van der Waals surface area contributed by atoms with Gasteiger partial charge in [-0.15, -0.1) is 0 Å². The summed E-state index contributed by atoms with van der Waals surface area (Å²) >= 11 is 0. The summed E-state index contributed by atoms with van der Waals surface area (Å²) in [7, 11) is 0. The minimum Gasteiger partial charge on any atom is -0.351 e. The second kappa shape index (κ2) is 8.39. The second-order valence-electron chi connectivity index (χ2n) is 7.37. The fourth-order valence-electron chi connectivity index (χ4n) is 3.67. The molecule has 3 N–H and O–H groups in total. The molecule has 0 saturated carbocycles. The molecule has 0 unspecified atom stereocenters. The van der Waals surface area contributed by atoms with Crippen LogP contribution >= 0.6 is 0 Å². The van der Waals surface area contributed by atoms with Crippen LogP contribution in [0.15, 0.2) is 72.2 Å². The molecule has 7 nitrogen and oxygen atoms in total. The predicted octanol–water partition coefficient (Wildman–Crippen LogP) is 2.18. The highest BCUT2D eigenvalue weighted by Crippen LogP contribution is 2.16. The zero-order valence-corrected chi connectivity index (χ0v) is 17.3. The summed E-state index contributed by atoms with van der Waals surface area (Å²) in [5, 5.41) is 3.23. The molecule has 0 radical (unpaired) electrons. The third-order valence-corrected chi connectivity index (χ3v) is 5.27. The Kier molecular flexibility index (Phi) is 5.49. The van der Waals surface area contributed by atoms with E-state index in [1.807, 2.05) is 43.3 Å². The monoisotopic (exact) mass is 414 g/mol. The molecule has 0 bridgehead atoms. The number of fused-ring (bicyclic) bond motifs is 2. The van der Waals surface area contributed by atoms with Crippen LogP contribution in [0.4, 0.5) is 5.82 Å². The normalized spacial score (nSPS) is 11.0. The molecule has 31 heavy (non-hydrogen) atoms. The average molecular weight is 414 g/mol. The molecule has 0 spiro atoms. The number of hydrogen-bond acceptors (Lipinski definition) is 4. The van der Waals surface area contributed by atoms with Crippen molar-refractivity contribution in [2.75, 3.05) is 12.3 Å². The number of carbonyl (C=O) groups is 1. The summed E-state index contributed by atoms with van der Waals surface area (Å²) in [6.45, 7) is 6.44. The first-order valence-electron chi connectivity index (χ1n) is 10.1. The largest absolute Gasteiger partial charge is 0.351 e. The van der Waals surface area contributed by atoms with Gasteiger partial charge in [0.2, 0.25) is 11.5 Å². The van der Waals surface area contributed by atoms with Crippen molar-refractivity contribution in [3.8, 4) is 0 Å². The Morgan fingerprint density at radius 3 is 2.77 bits per heavy atom. The van der Waals surface area contributed by atoms with E-state index in [4.69, 9.17) is 5.73 Å². The van der Waals surface area contributed by atoms with Crippen molar-refractivity contribution in [2.24, 2.45) is 0 Å². The van der Waals surface area contributed by atoms with Crippen LogP contribution in [0.5, 0.6) is 0 Å². The summed E-state index contributed by atoms with van der Waals surface area (Å²) in [5.74, 6) is -0.0867. The van der Waals surface area contributed by atoms with Crippen molar-refractivity contribution in [3.05, 3.63) is 94.4 Å². The van der Waals surface area contributed by atoms with Gasteiger partial charge in [-0.25, -0.2) is 4.57 Å². The minimum absolute atomic E-state index is 0.244. The lowest BCUT2D eigenvalue weighted by Gasteiger charge is -2.12. The topological polar surface area (TPSA) is 93.4 Å². The van der Waals surface area contributed by atoms with Gasteiger partial charge in [0.25, 0.3) is 17.1 Å². The molecule has 0 saturated heterocycles. The van der Waals surface area contributed by atoms with E-state index in [9.17, 15) is 9.59 Å². The van der Waals surface area contributed by atoms with Crippen LogP contribution in [0.1, 0.15) is 21.5 Å². The van der Waals surface area contributed by atoms with Crippen molar-refractivity contribution in [1.82, 2.24) is 14.7 Å². The highest BCUT2D eigenvalue weighted by molar-refractivity contribution is 6.00. The highest BCUT2D eigenvalue weighted by atomic mass is 16.1. The third kappa shape index (κ3) is 3.77. The Labute approximate surface area is 179 Å². The number of hydrogen-bond donors (Lipinski definition) is 2. The molecule has 0 aliphatic heterocycles. The van der Waals surface area contributed by atoms with Crippen molar-refractivity contribution < 1.29 is 9.36 Å². The van der Waals surface area contributed by atoms with Gasteiger partial charge in [0.1, 0.15) is 10.9 Å². The van der Waals surface area contributed by atoms with Gasteiger partial charge in [0, 0.05) is 18.3 Å². The van der Waals surface area contributed by atoms with Crippen LogP contribution in [0, 0.1) is 6.92 Å². The molecular weight excluding hydrogens is 390 g/mol. The number of carbonyl (C=O) groups excluding carboxylic acids is 1. The second-order valence-corrected chi connectivity index (χ2v) is 7.37. The quantitative estimate of drug-likeness (QED) is 0.287. The van der Waals surface area contributed by atoms with Crippen molar-refractivity contribution >= 4 is 28.4 Å². The molecule has 0 aliphatic carbocycles. The Balaban J connectivity index is 1.78. The SMILES string of the molecule is C=CC[n+]1c(N)c(C(=O)NCCc2ccccc2)cc2c(=O)n3cccc(C)c3nc21. The van der Waals surface area contributed by atoms with Gasteiger partial charge in [-0.3, -0.25) is 14.0 Å². The van der Waals surface area contributed by atoms with Gasteiger partial charge >= 0.3 is 0 Å². The summed E-state index contributed by atoms with van der Waals surface area (Å²) in [4.78, 5) is 30.8. The molecule has 0 atom stereocenters. The van der Waals surface area contributed by atoms with Crippen molar-refractivity contribution in [2.45, 2.75) is 19.9 Å². The van der Waals surface area contributed by atoms with Gasteiger partial charge in [-0.05, 0) is 31.0 Å². The average Bonchev–Trinajstić information content (AvgIpc) is 2.77. The lowest BCUT2D eigenvalue weighted by Crippen LogP contribution is -2.42. The molecule has 4 aromatic rings. The number of nitrogens with zero attached hydrogens (tertiary/aromatic N) is 3. The standard InChI is InChI=1S/C24H23N5O2/c1-3-13-28-20(25)18(23(30)26-12-11-17-9-5-4-6-10-17)15-19-22(28)27-21-16(2)8-7-14-29(21)24(19)31/h3-10,14-15,25H,1,11-13H2,2H3,(H,26,30)/p+1. The summed E-state index contributed by atoms with van der Waals surface area (Å²) < 4.78 is 3.14. The molecule has 1 aromatic carbocycles. The number of nitrogens with one attached hydrogen (secondary N) is 1. The molecule has 3 heterocycles. The van der Waals surface area contributed by atoms with E-state index < -0.39 is 0 Å². The van der Waals surface area contributed by atoms with E-state index >= 15 is 0 Å². The van der Waals surface area contributed by atoms with E-state index in [1.165, 1.54) is 10.5 Å². The predicted molar refractivity (Wildman–Crippen MR) is 121 cm³/mol. The van der Waals surface area contributed by atoms with Gasteiger partial charge < -0.3 is 11.1 Å². The van der Waals surface area contributed by atoms with E-state index in [2.05, 4.69) is 16.9 Å². The lowest BCUT2D eigenvalue weighted by atomic mass is 10.1. The summed E-state index contributed by atoms with van der Waals surface area (Å²) in [6.07, 6.45) is 4.03. The number of anilines is 1. The van der Waals surface area contributed by atoms with E-state index in [-0.39, 0.29) is 22.8 Å². The van der Waals surface area contributed by atoms with Crippen LogP contribution < -0.4 is 21.2 Å². The summed E-state index contributed by atoms with van der Waals surface area (Å²) in [6, 6.07) is 15.1. The third-order valence-electron chi connectivity index (χ3n) is 5.27. The van der Waals surface area contributed by atoms with Crippen LogP contribution in [-0.4, -0.2) is 21.8 Å². The van der Waals surface area contributed by atoms with Gasteiger partial charge in [-0.2, -0.15) is 0 Å². The Morgan fingerprint density at radius 1 is 1.26 bits per heavy atom. The maximum atomic E-state index is 13.2. The smallest absolute Gasteiger partial charge is 0.278 e. The lowest BCUT2D eigenvalue weighted by molar-refractivity contribution is -0.648. The number of benzene rings is 1. The molecule has 0 fully saturated rings. The highest BCUT2D eigenvalue weighted by Gasteiger charge is 2.24. The molecule has 0 aliphatic rings. The van der Waals surface area contributed by atoms with Crippen LogP contribution in [0.3, 0.4) is 0 Å². The number of amides is 1. The molecule has 1 amide bonds. The number of aryl methyl sites for hydroxylation is 1. The first kappa shape index (κ1) is 20.3. The van der Waals surface area contributed by atoms with Gasteiger partial charge in [-0.1, -0.05) is 54.0 Å². The Hall–Kier alpha value is -4.00. The summed E-state index contributed by atoms with van der Waals surface area (Å²) in [5.41, 5.74) is 9.33. The zero-order valence-electron chi connectivity index (χ0n) is 17.3. The molecule has 3 aromatic heterocycles. The molecule has 4 rings (SSSR count). The number of nitrogens with two attached hydrogens (primary N) is 1. The van der Waals surface area contributed by atoms with Gasteiger partial charge in [0.05, 0.1) is 6.54 Å². The Morgan fingerprint density at radius 2 is 2.03 bits per heavy atom. The molecular formula is C24H24N5O2+. The maximum Gasteiger partial charge on any atom is 0.278 e. The van der Waals surface area contributed by atoms with Crippen molar-refractivity contribution in [1.29, 1.82) is 0 Å². The maximum absolute atomic E-state index is 13.2. The van der Waals surface area contributed by atoms with E-state index in [0.29, 0.717) is 36.2 Å². The number of nitrogen functional groups attached to an aromatic ring is 1. The number of aromatic nitrogens is 3. The fraction of sp³-hybridized carbons (Fsp3) is 0.167. The van der Waals surface area contributed by atoms with Crippen LogP contribution in [-0.2, 0) is 13.0 Å². The molecule has 156 valence electrons. The minimum atomic E-state index is -0.332. The molecule has 7 heteroatoms. The van der Waals surface area contributed by atoms with E-state index in [0.717, 1.165) is 11.1 Å². The number of allylic oxidation sites excluding steroid dienone is 1. The van der Waals surface area contributed by atoms with Gasteiger partial charge in [0.15, 0.2) is 0 Å². The number of pyridine rings is 2. The first-order valence-corrected chi connectivity index (χ1v) is 10.1.